The van der Waals surface area contributed by atoms with Crippen molar-refractivity contribution in [3.8, 4) is 11.3 Å². The highest BCUT2D eigenvalue weighted by atomic mass is 19.1. The van der Waals surface area contributed by atoms with Crippen molar-refractivity contribution in [1.82, 2.24) is 24.6 Å². The zero-order valence-corrected chi connectivity index (χ0v) is 25.5. The molecular weight excluding hydrogens is 541 g/mol. The summed E-state index contributed by atoms with van der Waals surface area (Å²) < 4.78 is 33.1. The van der Waals surface area contributed by atoms with Crippen LogP contribution >= 0.6 is 0 Å². The van der Waals surface area contributed by atoms with Crippen molar-refractivity contribution < 1.29 is 28.2 Å². The third-order valence-corrected chi connectivity index (χ3v) is 5.83. The standard InChI is InChI=1S/C27H30FN5O5.2C2H6/c1-4-36-25(37-5-2)13-24(34)38-17-33-16-20(15-30-33)22-11-10-18-12-23(32(3)26(18)31-22)27(35)29-14-19-8-6-7-9-21(19)28;2*1-2/h6-12,15-16,25H,4-5,13-14,17H2,1-3H3,(H,29,35);2*1-2H3. The Kier molecular flexibility index (Phi) is 14.3. The molecule has 10 nitrogen and oxygen atoms in total. The van der Waals surface area contributed by atoms with Gasteiger partial charge in [0.15, 0.2) is 13.0 Å². The van der Waals surface area contributed by atoms with E-state index in [0.717, 1.165) is 10.9 Å². The Hall–Kier alpha value is -4.09. The molecule has 0 atom stereocenters. The number of benzene rings is 1. The first kappa shape index (κ1) is 34.1. The first-order chi connectivity index (χ1) is 20.4. The first-order valence-electron chi connectivity index (χ1n) is 14.3. The second-order valence-electron chi connectivity index (χ2n) is 8.43. The second-order valence-corrected chi connectivity index (χ2v) is 8.43. The molecule has 1 aromatic carbocycles. The minimum absolute atomic E-state index is 0.0162. The molecule has 3 heterocycles. The van der Waals surface area contributed by atoms with E-state index in [1.807, 2.05) is 53.7 Å². The summed E-state index contributed by atoms with van der Waals surface area (Å²) in [5.74, 6) is -1.16. The first-order valence-corrected chi connectivity index (χ1v) is 14.3. The van der Waals surface area contributed by atoms with Crippen LogP contribution in [0.2, 0.25) is 0 Å². The number of nitrogens with zero attached hydrogens (tertiary/aromatic N) is 4. The van der Waals surface area contributed by atoms with Crippen molar-refractivity contribution in [1.29, 1.82) is 0 Å². The van der Waals surface area contributed by atoms with Crippen LogP contribution in [0.25, 0.3) is 22.3 Å². The number of aromatic nitrogens is 4. The molecule has 4 aromatic rings. The summed E-state index contributed by atoms with van der Waals surface area (Å²) in [6.45, 7) is 12.5. The molecule has 0 aliphatic heterocycles. The highest BCUT2D eigenvalue weighted by Crippen LogP contribution is 2.23. The van der Waals surface area contributed by atoms with Crippen LogP contribution in [-0.2, 0) is 39.3 Å². The highest BCUT2D eigenvalue weighted by molar-refractivity contribution is 5.98. The average molecular weight is 584 g/mol. The maximum atomic E-state index is 13.9. The molecule has 0 fully saturated rings. The maximum absolute atomic E-state index is 13.9. The number of esters is 1. The molecule has 1 amide bonds. The number of aryl methyl sites for hydroxylation is 1. The van der Waals surface area contributed by atoms with Gasteiger partial charge in [-0.3, -0.25) is 9.59 Å². The Morgan fingerprint density at radius 2 is 1.71 bits per heavy atom. The fourth-order valence-electron chi connectivity index (χ4n) is 3.92. The van der Waals surface area contributed by atoms with E-state index in [1.54, 1.807) is 48.3 Å². The Morgan fingerprint density at radius 3 is 2.38 bits per heavy atom. The smallest absolute Gasteiger partial charge is 0.312 e. The van der Waals surface area contributed by atoms with Crippen LogP contribution in [0.15, 0.2) is 54.9 Å². The van der Waals surface area contributed by atoms with Crippen LogP contribution in [0.4, 0.5) is 4.39 Å². The summed E-state index contributed by atoms with van der Waals surface area (Å²) in [6, 6.07) is 11.7. The molecule has 0 aliphatic carbocycles. The van der Waals surface area contributed by atoms with E-state index in [2.05, 4.69) is 10.4 Å². The number of fused-ring (bicyclic) bond motifs is 1. The van der Waals surface area contributed by atoms with Gasteiger partial charge in [-0.2, -0.15) is 5.10 Å². The SMILES string of the molecule is CC.CC.CCOC(CC(=O)OCn1cc(-c2ccc3cc(C(=O)NCc4ccccc4F)n(C)c3n2)cn1)OCC. The van der Waals surface area contributed by atoms with Crippen molar-refractivity contribution in [3.05, 3.63) is 71.9 Å². The van der Waals surface area contributed by atoms with Crippen molar-refractivity contribution in [2.75, 3.05) is 13.2 Å². The van der Waals surface area contributed by atoms with E-state index in [0.29, 0.717) is 35.8 Å². The maximum Gasteiger partial charge on any atom is 0.312 e. The number of halogens is 1. The summed E-state index contributed by atoms with van der Waals surface area (Å²) in [4.78, 5) is 29.6. The van der Waals surface area contributed by atoms with Crippen LogP contribution in [0, 0.1) is 5.82 Å². The minimum atomic E-state index is -0.640. The van der Waals surface area contributed by atoms with E-state index in [-0.39, 0.29) is 31.4 Å². The van der Waals surface area contributed by atoms with Crippen molar-refractivity contribution in [3.63, 3.8) is 0 Å². The van der Waals surface area contributed by atoms with Gasteiger partial charge in [-0.1, -0.05) is 45.9 Å². The molecule has 42 heavy (non-hydrogen) atoms. The quantitative estimate of drug-likeness (QED) is 0.165. The van der Waals surface area contributed by atoms with Gasteiger partial charge in [-0.05, 0) is 38.1 Å². The van der Waals surface area contributed by atoms with Crippen LogP contribution in [0.1, 0.15) is 64.0 Å². The Morgan fingerprint density at radius 1 is 1.02 bits per heavy atom. The lowest BCUT2D eigenvalue weighted by Gasteiger charge is -2.15. The molecular formula is C31H42FN5O5. The van der Waals surface area contributed by atoms with Gasteiger partial charge in [0.1, 0.15) is 17.2 Å². The molecule has 0 saturated heterocycles. The van der Waals surface area contributed by atoms with E-state index in [4.69, 9.17) is 19.2 Å². The Balaban J connectivity index is 0.00000148. The molecule has 4 rings (SSSR count). The summed E-state index contributed by atoms with van der Waals surface area (Å²) in [5.41, 5.74) is 2.78. The van der Waals surface area contributed by atoms with E-state index >= 15 is 0 Å². The van der Waals surface area contributed by atoms with Crippen LogP contribution in [-0.4, -0.2) is 50.7 Å². The molecule has 0 saturated carbocycles. The van der Waals surface area contributed by atoms with Crippen molar-refractivity contribution in [2.24, 2.45) is 7.05 Å². The predicted molar refractivity (Wildman–Crippen MR) is 160 cm³/mol. The molecule has 11 heteroatoms. The van der Waals surface area contributed by atoms with Gasteiger partial charge in [0.25, 0.3) is 5.91 Å². The van der Waals surface area contributed by atoms with Gasteiger partial charge in [0.2, 0.25) is 0 Å². The largest absolute Gasteiger partial charge is 0.442 e. The Labute approximate surface area is 246 Å². The Bertz CT molecular complexity index is 1410. The highest BCUT2D eigenvalue weighted by Gasteiger charge is 2.17. The monoisotopic (exact) mass is 583 g/mol. The van der Waals surface area contributed by atoms with Gasteiger partial charge < -0.3 is 24.1 Å². The van der Waals surface area contributed by atoms with Gasteiger partial charge >= 0.3 is 5.97 Å². The number of amides is 1. The predicted octanol–water partition coefficient (Wildman–Crippen LogP) is 5.85. The molecule has 0 bridgehead atoms. The van der Waals surface area contributed by atoms with Gasteiger partial charge in [0, 0.05) is 49.5 Å². The van der Waals surface area contributed by atoms with Crippen molar-refractivity contribution in [2.45, 2.75) is 67.5 Å². The fraction of sp³-hybridized carbons (Fsp3) is 0.419. The molecule has 1 N–H and O–H groups in total. The number of hydrogen-bond acceptors (Lipinski definition) is 7. The number of nitrogens with one attached hydrogen (secondary N) is 1. The van der Waals surface area contributed by atoms with Crippen LogP contribution in [0.3, 0.4) is 0 Å². The molecule has 0 spiro atoms. The van der Waals surface area contributed by atoms with Crippen molar-refractivity contribution >= 4 is 22.9 Å². The molecule has 228 valence electrons. The fourth-order valence-corrected chi connectivity index (χ4v) is 3.92. The average Bonchev–Trinajstić information content (AvgIpc) is 3.62. The lowest BCUT2D eigenvalue weighted by Crippen LogP contribution is -2.25. The summed E-state index contributed by atoms with van der Waals surface area (Å²) in [5, 5.41) is 7.79. The third-order valence-electron chi connectivity index (χ3n) is 5.83. The topological polar surface area (TPSA) is 110 Å². The summed E-state index contributed by atoms with van der Waals surface area (Å²) >= 11 is 0. The van der Waals surface area contributed by atoms with Crippen LogP contribution < -0.4 is 5.32 Å². The lowest BCUT2D eigenvalue weighted by atomic mass is 10.2. The normalized spacial score (nSPS) is 10.5. The molecule has 0 unspecified atom stereocenters. The van der Waals surface area contributed by atoms with Gasteiger partial charge in [0.05, 0.1) is 18.3 Å². The summed E-state index contributed by atoms with van der Waals surface area (Å²) in [6.07, 6.45) is 2.68. The number of rotatable bonds is 12. The minimum Gasteiger partial charge on any atom is -0.442 e. The zero-order chi connectivity index (χ0) is 31.1. The van der Waals surface area contributed by atoms with E-state index in [1.165, 1.54) is 10.7 Å². The molecule has 0 radical (unpaired) electrons. The summed E-state index contributed by atoms with van der Waals surface area (Å²) in [7, 11) is 1.75. The zero-order valence-electron chi connectivity index (χ0n) is 25.5. The van der Waals surface area contributed by atoms with Gasteiger partial charge in [-0.25, -0.2) is 14.1 Å². The number of pyridine rings is 1. The second kappa shape index (κ2) is 17.7. The van der Waals surface area contributed by atoms with E-state index in [9.17, 15) is 14.0 Å². The molecule has 3 aromatic heterocycles. The number of ether oxygens (including phenoxy) is 3. The van der Waals surface area contributed by atoms with Gasteiger partial charge in [-0.15, -0.1) is 0 Å². The molecule has 0 aliphatic rings. The number of carbonyl (C=O) groups excluding carboxylic acids is 2. The number of carbonyl (C=O) groups is 2. The lowest BCUT2D eigenvalue weighted by molar-refractivity contribution is -0.171. The number of hydrogen-bond donors (Lipinski definition) is 1. The van der Waals surface area contributed by atoms with Crippen LogP contribution in [0.5, 0.6) is 0 Å². The van der Waals surface area contributed by atoms with E-state index < -0.39 is 12.3 Å². The third kappa shape index (κ3) is 9.22.